The molecule has 1 aromatic heterocycles. The summed E-state index contributed by atoms with van der Waals surface area (Å²) < 4.78 is 1.87. The summed E-state index contributed by atoms with van der Waals surface area (Å²) in [7, 11) is 0. The number of para-hydroxylation sites is 1. The van der Waals surface area contributed by atoms with Crippen LogP contribution in [0.4, 0.5) is 5.69 Å². The fourth-order valence-corrected chi connectivity index (χ4v) is 4.54. The van der Waals surface area contributed by atoms with E-state index in [1.54, 1.807) is 4.90 Å². The third kappa shape index (κ3) is 6.04. The number of nitrogens with one attached hydrogen (secondary N) is 1. The van der Waals surface area contributed by atoms with Gasteiger partial charge in [-0.05, 0) is 48.2 Å². The zero-order valence-electron chi connectivity index (χ0n) is 17.7. The van der Waals surface area contributed by atoms with Crippen molar-refractivity contribution < 1.29 is 9.59 Å². The van der Waals surface area contributed by atoms with Crippen LogP contribution in [0.1, 0.15) is 57.1 Å². The summed E-state index contributed by atoms with van der Waals surface area (Å²) in [6.45, 7) is 4.51. The molecule has 1 aliphatic carbocycles. The van der Waals surface area contributed by atoms with Crippen LogP contribution in [0.5, 0.6) is 0 Å². The highest BCUT2D eigenvalue weighted by molar-refractivity contribution is 7.99. The second-order valence-electron chi connectivity index (χ2n) is 7.66. The molecule has 1 saturated carbocycles. The third-order valence-electron chi connectivity index (χ3n) is 5.31. The largest absolute Gasteiger partial charge is 0.333 e. The Morgan fingerprint density at radius 1 is 1.23 bits per heavy atom. The molecule has 0 aliphatic heterocycles. The van der Waals surface area contributed by atoms with Gasteiger partial charge in [0.15, 0.2) is 0 Å². The van der Waals surface area contributed by atoms with Crippen LogP contribution in [0.25, 0.3) is 0 Å². The lowest BCUT2D eigenvalue weighted by atomic mass is 9.96. The number of benzene rings is 1. The zero-order chi connectivity index (χ0) is 21.3. The Morgan fingerprint density at radius 2 is 2.00 bits per heavy atom. The van der Waals surface area contributed by atoms with Gasteiger partial charge in [0.05, 0.1) is 18.3 Å². The zero-order valence-corrected chi connectivity index (χ0v) is 18.5. The molecule has 162 valence electrons. The van der Waals surface area contributed by atoms with Gasteiger partial charge in [-0.25, -0.2) is 4.68 Å². The maximum atomic E-state index is 12.8. The molecule has 8 nitrogen and oxygen atoms in total. The van der Waals surface area contributed by atoms with Gasteiger partial charge in [-0.3, -0.25) is 9.59 Å². The molecule has 3 rings (SSSR count). The quantitative estimate of drug-likeness (QED) is 0.613. The molecule has 1 fully saturated rings. The number of amides is 2. The van der Waals surface area contributed by atoms with Crippen molar-refractivity contribution in [3.8, 4) is 0 Å². The number of aryl methyl sites for hydroxylation is 1. The summed E-state index contributed by atoms with van der Waals surface area (Å²) in [6, 6.07) is 7.93. The molecule has 0 spiro atoms. The Kier molecular flexibility index (Phi) is 8.24. The van der Waals surface area contributed by atoms with Crippen LogP contribution < -0.4 is 5.32 Å². The maximum absolute atomic E-state index is 12.8. The molecule has 0 unspecified atom stereocenters. The molecule has 2 aromatic rings. The number of hydrogen-bond acceptors (Lipinski definition) is 6. The predicted molar refractivity (Wildman–Crippen MR) is 117 cm³/mol. The van der Waals surface area contributed by atoms with Gasteiger partial charge < -0.3 is 10.2 Å². The first kappa shape index (κ1) is 22.3. The molecule has 0 saturated heterocycles. The molecule has 1 aliphatic rings. The first-order chi connectivity index (χ1) is 14.6. The van der Waals surface area contributed by atoms with E-state index in [4.69, 9.17) is 0 Å². The van der Waals surface area contributed by atoms with Gasteiger partial charge in [0.25, 0.3) is 0 Å². The van der Waals surface area contributed by atoms with Crippen LogP contribution >= 0.6 is 11.8 Å². The lowest BCUT2D eigenvalue weighted by Gasteiger charge is -2.23. The standard InChI is InChI=1S/C21H30N6O2S/c1-3-13-26(14-19(28)22-18-12-8-7-9-16(18)2)20(29)15-30-21-23-24-25-27(21)17-10-5-4-6-11-17/h7-9,12,17H,3-6,10-11,13-15H2,1-2H3,(H,22,28). The smallest absolute Gasteiger partial charge is 0.244 e. The second kappa shape index (κ2) is 11.1. The fraction of sp³-hybridized carbons (Fsp3) is 0.571. The SMILES string of the molecule is CCCN(CC(=O)Nc1ccccc1C)C(=O)CSc1nnnn1C1CCCCC1. The van der Waals surface area contributed by atoms with Gasteiger partial charge in [-0.15, -0.1) is 5.10 Å². The van der Waals surface area contributed by atoms with Crippen LogP contribution in [-0.2, 0) is 9.59 Å². The lowest BCUT2D eigenvalue weighted by molar-refractivity contribution is -0.132. The van der Waals surface area contributed by atoms with Gasteiger partial charge in [-0.1, -0.05) is 56.1 Å². The maximum Gasteiger partial charge on any atom is 0.244 e. The number of thioether (sulfide) groups is 1. The first-order valence-electron chi connectivity index (χ1n) is 10.6. The van der Waals surface area contributed by atoms with Crippen LogP contribution in [-0.4, -0.2) is 55.8 Å². The van der Waals surface area contributed by atoms with E-state index >= 15 is 0 Å². The van der Waals surface area contributed by atoms with Crippen molar-refractivity contribution in [2.24, 2.45) is 0 Å². The molecule has 0 bridgehead atoms. The topological polar surface area (TPSA) is 93.0 Å². The van der Waals surface area contributed by atoms with Crippen molar-refractivity contribution in [1.29, 1.82) is 0 Å². The van der Waals surface area contributed by atoms with E-state index in [-0.39, 0.29) is 24.1 Å². The minimum atomic E-state index is -0.192. The summed E-state index contributed by atoms with van der Waals surface area (Å²) in [5, 5.41) is 15.6. The molecular weight excluding hydrogens is 400 g/mol. The monoisotopic (exact) mass is 430 g/mol. The van der Waals surface area contributed by atoms with E-state index in [2.05, 4.69) is 20.8 Å². The van der Waals surface area contributed by atoms with E-state index < -0.39 is 0 Å². The molecular formula is C21H30N6O2S. The van der Waals surface area contributed by atoms with Crippen LogP contribution in [0.15, 0.2) is 29.4 Å². The van der Waals surface area contributed by atoms with Gasteiger partial charge in [0.1, 0.15) is 0 Å². The summed E-state index contributed by atoms with van der Waals surface area (Å²) in [4.78, 5) is 26.9. The number of hydrogen-bond donors (Lipinski definition) is 1. The van der Waals surface area contributed by atoms with Crippen LogP contribution in [0.3, 0.4) is 0 Å². The second-order valence-corrected chi connectivity index (χ2v) is 8.61. The van der Waals surface area contributed by atoms with E-state index in [0.717, 1.165) is 30.5 Å². The van der Waals surface area contributed by atoms with Crippen LogP contribution in [0.2, 0.25) is 0 Å². The number of carbonyl (C=O) groups is 2. The number of carbonyl (C=O) groups excluding carboxylic acids is 2. The molecule has 0 radical (unpaired) electrons. The number of rotatable bonds is 9. The highest BCUT2D eigenvalue weighted by Gasteiger charge is 2.22. The first-order valence-corrected chi connectivity index (χ1v) is 11.6. The summed E-state index contributed by atoms with van der Waals surface area (Å²) >= 11 is 1.35. The fourth-order valence-electron chi connectivity index (χ4n) is 3.69. The van der Waals surface area contributed by atoms with E-state index in [1.165, 1.54) is 31.0 Å². The molecule has 0 atom stereocenters. The highest BCUT2D eigenvalue weighted by Crippen LogP contribution is 2.30. The average Bonchev–Trinajstić information content (AvgIpc) is 3.22. The van der Waals surface area contributed by atoms with Gasteiger partial charge in [-0.2, -0.15) is 0 Å². The summed E-state index contributed by atoms with van der Waals surface area (Å²) in [5.74, 6) is -0.0619. The molecule has 9 heteroatoms. The molecule has 1 N–H and O–H groups in total. The molecule has 30 heavy (non-hydrogen) atoms. The Hall–Kier alpha value is -2.42. The third-order valence-corrected chi connectivity index (χ3v) is 6.23. The van der Waals surface area contributed by atoms with E-state index in [1.807, 2.05) is 42.8 Å². The van der Waals surface area contributed by atoms with Crippen molar-refractivity contribution in [1.82, 2.24) is 25.1 Å². The highest BCUT2D eigenvalue weighted by atomic mass is 32.2. The minimum Gasteiger partial charge on any atom is -0.333 e. The average molecular weight is 431 g/mol. The van der Waals surface area contributed by atoms with Crippen molar-refractivity contribution in [2.75, 3.05) is 24.2 Å². The van der Waals surface area contributed by atoms with Gasteiger partial charge in [0, 0.05) is 12.2 Å². The van der Waals surface area contributed by atoms with Gasteiger partial charge >= 0.3 is 0 Å². The van der Waals surface area contributed by atoms with Crippen molar-refractivity contribution in [3.05, 3.63) is 29.8 Å². The number of aromatic nitrogens is 4. The predicted octanol–water partition coefficient (Wildman–Crippen LogP) is 3.46. The van der Waals surface area contributed by atoms with Crippen molar-refractivity contribution in [2.45, 2.75) is 63.6 Å². The van der Waals surface area contributed by atoms with Gasteiger partial charge in [0.2, 0.25) is 17.0 Å². The van der Waals surface area contributed by atoms with E-state index in [9.17, 15) is 9.59 Å². The molecule has 2 amide bonds. The Balaban J connectivity index is 1.56. The number of anilines is 1. The van der Waals surface area contributed by atoms with Crippen molar-refractivity contribution >= 4 is 29.3 Å². The Morgan fingerprint density at radius 3 is 2.73 bits per heavy atom. The Bertz CT molecular complexity index is 850. The van der Waals surface area contributed by atoms with Crippen molar-refractivity contribution in [3.63, 3.8) is 0 Å². The number of nitrogens with zero attached hydrogens (tertiary/aromatic N) is 5. The Labute approximate surface area is 181 Å². The molecule has 1 heterocycles. The lowest BCUT2D eigenvalue weighted by Crippen LogP contribution is -2.39. The summed E-state index contributed by atoms with van der Waals surface area (Å²) in [5.41, 5.74) is 1.76. The van der Waals surface area contributed by atoms with Crippen LogP contribution in [0, 0.1) is 6.92 Å². The molecule has 1 aromatic carbocycles. The normalized spacial score (nSPS) is 14.5. The summed E-state index contributed by atoms with van der Waals surface area (Å²) in [6.07, 6.45) is 6.58. The number of tetrazole rings is 1. The minimum absolute atomic E-state index is 0.0368. The van der Waals surface area contributed by atoms with E-state index in [0.29, 0.717) is 17.7 Å².